The van der Waals surface area contributed by atoms with Crippen LogP contribution in [0.25, 0.3) is 11.3 Å². The Morgan fingerprint density at radius 3 is 2.79 bits per heavy atom. The third kappa shape index (κ3) is 1.79. The van der Waals surface area contributed by atoms with Crippen LogP contribution in [0.4, 0.5) is 4.39 Å². The standard InChI is InChI=1S/C10H7FINO/c1-6-9(13-10(12)14-6)7-3-2-4-8(11)5-7/h2-5H,1H3. The van der Waals surface area contributed by atoms with Crippen LogP contribution in [0.1, 0.15) is 5.76 Å². The summed E-state index contributed by atoms with van der Waals surface area (Å²) < 4.78 is 18.8. The zero-order valence-electron chi connectivity index (χ0n) is 7.42. The lowest BCUT2D eigenvalue weighted by Crippen LogP contribution is -1.82. The van der Waals surface area contributed by atoms with E-state index in [9.17, 15) is 4.39 Å². The average molecular weight is 303 g/mol. The number of rotatable bonds is 1. The summed E-state index contributed by atoms with van der Waals surface area (Å²) in [4.78, 5) is 4.17. The molecule has 1 aromatic heterocycles. The highest BCUT2D eigenvalue weighted by Crippen LogP contribution is 2.24. The van der Waals surface area contributed by atoms with Crippen molar-refractivity contribution in [3.8, 4) is 11.3 Å². The van der Waals surface area contributed by atoms with Crippen molar-refractivity contribution in [2.45, 2.75) is 6.92 Å². The number of aryl methyl sites for hydroxylation is 1. The van der Waals surface area contributed by atoms with Gasteiger partial charge in [0.25, 0.3) is 3.90 Å². The van der Waals surface area contributed by atoms with Gasteiger partial charge in [0, 0.05) is 28.2 Å². The van der Waals surface area contributed by atoms with Gasteiger partial charge in [-0.3, -0.25) is 0 Å². The summed E-state index contributed by atoms with van der Waals surface area (Å²) in [6.45, 7) is 1.81. The first kappa shape index (κ1) is 9.64. The second-order valence-corrected chi connectivity index (χ2v) is 3.80. The van der Waals surface area contributed by atoms with Gasteiger partial charge in [-0.05, 0) is 19.1 Å². The molecule has 0 bridgehead atoms. The topological polar surface area (TPSA) is 26.0 Å². The van der Waals surface area contributed by atoms with Gasteiger partial charge in [0.15, 0.2) is 0 Å². The maximum atomic E-state index is 12.9. The minimum atomic E-state index is -0.264. The van der Waals surface area contributed by atoms with Gasteiger partial charge in [-0.15, -0.1) is 0 Å². The third-order valence-electron chi connectivity index (χ3n) is 1.87. The van der Waals surface area contributed by atoms with Gasteiger partial charge >= 0.3 is 0 Å². The molecule has 4 heteroatoms. The summed E-state index contributed by atoms with van der Waals surface area (Å²) in [5.41, 5.74) is 1.45. The van der Waals surface area contributed by atoms with Crippen molar-refractivity contribution >= 4 is 22.6 Å². The highest BCUT2D eigenvalue weighted by atomic mass is 127. The molecule has 2 rings (SSSR count). The van der Waals surface area contributed by atoms with E-state index in [0.717, 1.165) is 5.56 Å². The number of benzene rings is 1. The monoisotopic (exact) mass is 303 g/mol. The van der Waals surface area contributed by atoms with E-state index >= 15 is 0 Å². The van der Waals surface area contributed by atoms with Gasteiger partial charge in [-0.2, -0.15) is 0 Å². The Hall–Kier alpha value is -0.910. The van der Waals surface area contributed by atoms with Gasteiger partial charge < -0.3 is 4.42 Å². The zero-order valence-corrected chi connectivity index (χ0v) is 9.58. The summed E-state index contributed by atoms with van der Waals surface area (Å²) in [5.74, 6) is 0.444. The Kier molecular flexibility index (Phi) is 2.54. The second kappa shape index (κ2) is 3.68. The van der Waals surface area contributed by atoms with E-state index in [1.165, 1.54) is 12.1 Å². The predicted octanol–water partition coefficient (Wildman–Crippen LogP) is 3.39. The molecule has 0 unspecified atom stereocenters. The third-order valence-corrected chi connectivity index (χ3v) is 2.33. The van der Waals surface area contributed by atoms with Gasteiger partial charge in [-0.25, -0.2) is 9.37 Å². The van der Waals surface area contributed by atoms with Gasteiger partial charge in [0.1, 0.15) is 17.3 Å². The van der Waals surface area contributed by atoms with Crippen LogP contribution in [0.2, 0.25) is 0 Å². The number of nitrogens with zero attached hydrogens (tertiary/aromatic N) is 1. The molecule has 0 radical (unpaired) electrons. The highest BCUT2D eigenvalue weighted by Gasteiger charge is 2.09. The maximum absolute atomic E-state index is 12.9. The first-order chi connectivity index (χ1) is 6.66. The Morgan fingerprint density at radius 2 is 2.21 bits per heavy atom. The summed E-state index contributed by atoms with van der Waals surface area (Å²) >= 11 is 1.99. The summed E-state index contributed by atoms with van der Waals surface area (Å²) in [5, 5.41) is 0. The molecular weight excluding hydrogens is 296 g/mol. The molecule has 0 saturated heterocycles. The summed E-state index contributed by atoms with van der Waals surface area (Å²) in [6.07, 6.45) is 0. The molecule has 0 aliphatic heterocycles. The van der Waals surface area contributed by atoms with Crippen molar-refractivity contribution in [3.63, 3.8) is 0 Å². The zero-order chi connectivity index (χ0) is 10.1. The van der Waals surface area contributed by atoms with Gasteiger partial charge in [0.2, 0.25) is 0 Å². The molecular formula is C10H7FINO. The Balaban J connectivity index is 2.54. The van der Waals surface area contributed by atoms with Crippen molar-refractivity contribution in [3.05, 3.63) is 39.7 Å². The van der Waals surface area contributed by atoms with E-state index < -0.39 is 0 Å². The maximum Gasteiger partial charge on any atom is 0.257 e. The molecule has 0 spiro atoms. The lowest BCUT2D eigenvalue weighted by molar-refractivity contribution is 0.497. The first-order valence-corrected chi connectivity index (χ1v) is 5.13. The van der Waals surface area contributed by atoms with Crippen LogP contribution in [-0.2, 0) is 0 Å². The lowest BCUT2D eigenvalue weighted by atomic mass is 10.1. The summed E-state index contributed by atoms with van der Waals surface area (Å²) in [7, 11) is 0. The predicted molar refractivity (Wildman–Crippen MR) is 59.4 cm³/mol. The van der Waals surface area contributed by atoms with Crippen LogP contribution >= 0.6 is 22.6 Å². The van der Waals surface area contributed by atoms with Crippen molar-refractivity contribution in [1.29, 1.82) is 0 Å². The SMILES string of the molecule is Cc1oc(I)nc1-c1cccc(F)c1. The van der Waals surface area contributed by atoms with Crippen LogP contribution in [-0.4, -0.2) is 4.98 Å². The van der Waals surface area contributed by atoms with Crippen molar-refractivity contribution in [2.75, 3.05) is 0 Å². The van der Waals surface area contributed by atoms with E-state index in [-0.39, 0.29) is 5.82 Å². The fourth-order valence-corrected chi connectivity index (χ4v) is 1.84. The molecule has 0 atom stereocenters. The molecule has 0 amide bonds. The molecule has 1 heterocycles. The smallest absolute Gasteiger partial charge is 0.257 e. The molecule has 0 aliphatic rings. The Morgan fingerprint density at radius 1 is 1.43 bits per heavy atom. The Labute approximate surface area is 94.3 Å². The van der Waals surface area contributed by atoms with Crippen molar-refractivity contribution in [2.24, 2.45) is 0 Å². The lowest BCUT2D eigenvalue weighted by Gasteiger charge is -1.96. The summed E-state index contributed by atoms with van der Waals surface area (Å²) in [6, 6.07) is 6.32. The minimum absolute atomic E-state index is 0.264. The first-order valence-electron chi connectivity index (χ1n) is 4.05. The quantitative estimate of drug-likeness (QED) is 0.755. The van der Waals surface area contributed by atoms with E-state index in [2.05, 4.69) is 4.98 Å². The molecule has 0 N–H and O–H groups in total. The highest BCUT2D eigenvalue weighted by molar-refractivity contribution is 14.1. The van der Waals surface area contributed by atoms with E-state index in [1.807, 2.05) is 35.6 Å². The minimum Gasteiger partial charge on any atom is -0.437 e. The van der Waals surface area contributed by atoms with E-state index in [1.54, 1.807) is 6.07 Å². The van der Waals surface area contributed by atoms with Crippen LogP contribution in [0.3, 0.4) is 0 Å². The largest absolute Gasteiger partial charge is 0.437 e. The number of hydrogen-bond acceptors (Lipinski definition) is 2. The van der Waals surface area contributed by atoms with Crippen LogP contribution in [0.15, 0.2) is 28.7 Å². The van der Waals surface area contributed by atoms with Gasteiger partial charge in [-0.1, -0.05) is 12.1 Å². The van der Waals surface area contributed by atoms with E-state index in [0.29, 0.717) is 15.4 Å². The second-order valence-electron chi connectivity index (χ2n) is 2.88. The average Bonchev–Trinajstić information content (AvgIpc) is 2.45. The normalized spacial score (nSPS) is 10.5. The molecule has 2 aromatic rings. The number of aromatic nitrogens is 1. The number of hydrogen-bond donors (Lipinski definition) is 0. The van der Waals surface area contributed by atoms with Gasteiger partial charge in [0.05, 0.1) is 0 Å². The molecule has 0 saturated carbocycles. The Bertz CT molecular complexity index is 467. The van der Waals surface area contributed by atoms with Crippen LogP contribution in [0.5, 0.6) is 0 Å². The van der Waals surface area contributed by atoms with Crippen LogP contribution in [0, 0.1) is 16.6 Å². The fraction of sp³-hybridized carbons (Fsp3) is 0.100. The molecule has 0 fully saturated rings. The van der Waals surface area contributed by atoms with Crippen molar-refractivity contribution in [1.82, 2.24) is 4.98 Å². The molecule has 0 aliphatic carbocycles. The van der Waals surface area contributed by atoms with E-state index in [4.69, 9.17) is 4.42 Å². The number of oxazole rings is 1. The fourth-order valence-electron chi connectivity index (χ4n) is 1.27. The van der Waals surface area contributed by atoms with Crippen molar-refractivity contribution < 1.29 is 8.81 Å². The molecule has 72 valence electrons. The van der Waals surface area contributed by atoms with Crippen LogP contribution < -0.4 is 0 Å². The number of halogens is 2. The molecule has 14 heavy (non-hydrogen) atoms. The molecule has 1 aromatic carbocycles. The molecule has 2 nitrogen and oxygen atoms in total.